The second-order valence-corrected chi connectivity index (χ2v) is 5.07. The third-order valence-electron chi connectivity index (χ3n) is 3.41. The van der Waals surface area contributed by atoms with Gasteiger partial charge in [0.15, 0.2) is 0 Å². The SMILES string of the molecule is COc1ccccc1C(C)Oc1ccccc1C(=O)NCC(=O)O. The lowest BCUT2D eigenvalue weighted by Crippen LogP contribution is -2.29. The standard InChI is InChI=1S/C18H19NO5/c1-12(13-7-3-5-9-15(13)23-2)24-16-10-6-4-8-14(16)18(22)19-11-17(20)21/h3-10,12H,11H2,1-2H3,(H,19,22)(H,20,21). The van der Waals surface area contributed by atoms with E-state index in [4.69, 9.17) is 14.6 Å². The molecule has 2 N–H and O–H groups in total. The fraction of sp³-hybridized carbons (Fsp3) is 0.222. The zero-order valence-electron chi connectivity index (χ0n) is 13.5. The van der Waals surface area contributed by atoms with Gasteiger partial charge in [-0.15, -0.1) is 0 Å². The summed E-state index contributed by atoms with van der Waals surface area (Å²) in [4.78, 5) is 22.7. The summed E-state index contributed by atoms with van der Waals surface area (Å²) in [5.41, 5.74) is 1.13. The van der Waals surface area contributed by atoms with Gasteiger partial charge in [0.2, 0.25) is 0 Å². The van der Waals surface area contributed by atoms with E-state index in [1.165, 1.54) is 0 Å². The van der Waals surface area contributed by atoms with E-state index in [2.05, 4.69) is 5.32 Å². The molecule has 0 saturated heterocycles. The van der Waals surface area contributed by atoms with E-state index in [0.717, 1.165) is 5.56 Å². The van der Waals surface area contributed by atoms with Crippen LogP contribution in [0.5, 0.6) is 11.5 Å². The third kappa shape index (κ3) is 4.25. The second-order valence-electron chi connectivity index (χ2n) is 5.07. The molecule has 24 heavy (non-hydrogen) atoms. The molecule has 6 nitrogen and oxygen atoms in total. The van der Waals surface area contributed by atoms with Gasteiger partial charge in [0, 0.05) is 5.56 Å². The van der Waals surface area contributed by atoms with Crippen LogP contribution in [0.15, 0.2) is 48.5 Å². The number of carbonyl (C=O) groups is 2. The number of ether oxygens (including phenoxy) is 2. The summed E-state index contributed by atoms with van der Waals surface area (Å²) in [5.74, 6) is -0.541. The first-order chi connectivity index (χ1) is 11.5. The molecule has 1 unspecified atom stereocenters. The molecule has 0 fully saturated rings. The van der Waals surface area contributed by atoms with E-state index in [-0.39, 0.29) is 11.7 Å². The molecule has 1 amide bonds. The molecular formula is C18H19NO5. The van der Waals surface area contributed by atoms with Gasteiger partial charge in [-0.2, -0.15) is 0 Å². The molecule has 0 radical (unpaired) electrons. The Morgan fingerprint density at radius 2 is 1.71 bits per heavy atom. The van der Waals surface area contributed by atoms with Gasteiger partial charge in [-0.05, 0) is 25.1 Å². The van der Waals surface area contributed by atoms with Crippen molar-refractivity contribution >= 4 is 11.9 Å². The van der Waals surface area contributed by atoms with Crippen molar-refractivity contribution in [3.8, 4) is 11.5 Å². The molecule has 0 aliphatic carbocycles. The van der Waals surface area contributed by atoms with Crippen molar-refractivity contribution in [3.63, 3.8) is 0 Å². The largest absolute Gasteiger partial charge is 0.496 e. The van der Waals surface area contributed by atoms with Crippen LogP contribution in [-0.4, -0.2) is 30.6 Å². The Morgan fingerprint density at radius 3 is 2.38 bits per heavy atom. The fourth-order valence-corrected chi connectivity index (χ4v) is 2.26. The lowest BCUT2D eigenvalue weighted by molar-refractivity contribution is -0.135. The first-order valence-corrected chi connectivity index (χ1v) is 7.41. The number of hydrogen-bond acceptors (Lipinski definition) is 4. The predicted molar refractivity (Wildman–Crippen MR) is 88.4 cm³/mol. The summed E-state index contributed by atoms with van der Waals surface area (Å²) >= 11 is 0. The van der Waals surface area contributed by atoms with Gasteiger partial charge in [-0.1, -0.05) is 30.3 Å². The summed E-state index contributed by atoms with van der Waals surface area (Å²) in [7, 11) is 1.58. The van der Waals surface area contributed by atoms with Crippen molar-refractivity contribution in [1.82, 2.24) is 5.32 Å². The lowest BCUT2D eigenvalue weighted by atomic mass is 10.1. The Hall–Kier alpha value is -3.02. The number of para-hydroxylation sites is 2. The minimum atomic E-state index is -1.11. The van der Waals surface area contributed by atoms with Crippen LogP contribution in [-0.2, 0) is 4.79 Å². The molecule has 0 saturated carbocycles. The monoisotopic (exact) mass is 329 g/mol. The molecule has 0 aliphatic rings. The van der Waals surface area contributed by atoms with Gasteiger partial charge in [-0.25, -0.2) is 0 Å². The van der Waals surface area contributed by atoms with Crippen LogP contribution in [0.1, 0.15) is 28.9 Å². The second kappa shape index (κ2) is 8.01. The quantitative estimate of drug-likeness (QED) is 0.816. The van der Waals surface area contributed by atoms with Crippen LogP contribution in [0, 0.1) is 0 Å². The Bertz CT molecular complexity index is 729. The average molecular weight is 329 g/mol. The molecule has 6 heteroatoms. The van der Waals surface area contributed by atoms with E-state index in [0.29, 0.717) is 11.5 Å². The highest BCUT2D eigenvalue weighted by Crippen LogP contribution is 2.30. The minimum absolute atomic E-state index is 0.278. The molecule has 0 aliphatic heterocycles. The molecule has 126 valence electrons. The molecule has 0 bridgehead atoms. The topological polar surface area (TPSA) is 84.9 Å². The summed E-state index contributed by atoms with van der Waals surface area (Å²) in [6.45, 7) is 1.40. The lowest BCUT2D eigenvalue weighted by Gasteiger charge is -2.19. The number of aliphatic carboxylic acids is 1. The zero-order chi connectivity index (χ0) is 17.5. The first-order valence-electron chi connectivity index (χ1n) is 7.41. The number of hydrogen-bond donors (Lipinski definition) is 2. The Balaban J connectivity index is 2.20. The zero-order valence-corrected chi connectivity index (χ0v) is 13.5. The number of methoxy groups -OCH3 is 1. The Kier molecular flexibility index (Phi) is 5.78. The molecule has 2 aromatic rings. The van der Waals surface area contributed by atoms with E-state index in [1.54, 1.807) is 31.4 Å². The van der Waals surface area contributed by atoms with Crippen LogP contribution in [0.3, 0.4) is 0 Å². The molecule has 0 aromatic heterocycles. The van der Waals surface area contributed by atoms with Gasteiger partial charge < -0.3 is 19.9 Å². The number of benzene rings is 2. The van der Waals surface area contributed by atoms with Gasteiger partial charge in [0.25, 0.3) is 5.91 Å². The van der Waals surface area contributed by atoms with E-state index >= 15 is 0 Å². The Labute approximate surface area is 140 Å². The maximum atomic E-state index is 12.1. The number of rotatable bonds is 7. The maximum absolute atomic E-state index is 12.1. The molecule has 1 atom stereocenters. The number of carboxylic acid groups (broad SMARTS) is 1. The minimum Gasteiger partial charge on any atom is -0.496 e. The maximum Gasteiger partial charge on any atom is 0.322 e. The van der Waals surface area contributed by atoms with Crippen LogP contribution in [0.4, 0.5) is 0 Å². The van der Waals surface area contributed by atoms with Crippen molar-refractivity contribution in [2.75, 3.05) is 13.7 Å². The van der Waals surface area contributed by atoms with Crippen LogP contribution in [0.25, 0.3) is 0 Å². The highest BCUT2D eigenvalue weighted by atomic mass is 16.5. The van der Waals surface area contributed by atoms with E-state index < -0.39 is 18.4 Å². The van der Waals surface area contributed by atoms with Crippen LogP contribution in [0.2, 0.25) is 0 Å². The van der Waals surface area contributed by atoms with Crippen molar-refractivity contribution in [1.29, 1.82) is 0 Å². The fourth-order valence-electron chi connectivity index (χ4n) is 2.26. The van der Waals surface area contributed by atoms with E-state index in [1.807, 2.05) is 31.2 Å². The van der Waals surface area contributed by atoms with E-state index in [9.17, 15) is 9.59 Å². The number of carbonyl (C=O) groups excluding carboxylic acids is 1. The van der Waals surface area contributed by atoms with Crippen molar-refractivity contribution in [2.45, 2.75) is 13.0 Å². The summed E-state index contributed by atoms with van der Waals surface area (Å²) in [6, 6.07) is 14.2. The highest BCUT2D eigenvalue weighted by Gasteiger charge is 2.17. The number of carboxylic acids is 1. The summed E-state index contributed by atoms with van der Waals surface area (Å²) < 4.78 is 11.2. The van der Waals surface area contributed by atoms with Crippen molar-refractivity contribution in [2.24, 2.45) is 0 Å². The predicted octanol–water partition coefficient (Wildman–Crippen LogP) is 2.65. The third-order valence-corrected chi connectivity index (χ3v) is 3.41. The normalized spacial score (nSPS) is 11.4. The van der Waals surface area contributed by atoms with Crippen LogP contribution < -0.4 is 14.8 Å². The smallest absolute Gasteiger partial charge is 0.322 e. The molecule has 2 rings (SSSR count). The average Bonchev–Trinajstić information content (AvgIpc) is 2.60. The molecule has 0 spiro atoms. The van der Waals surface area contributed by atoms with Gasteiger partial charge in [-0.3, -0.25) is 9.59 Å². The number of nitrogens with one attached hydrogen (secondary N) is 1. The van der Waals surface area contributed by atoms with Gasteiger partial charge in [0.05, 0.1) is 12.7 Å². The first kappa shape index (κ1) is 17.3. The van der Waals surface area contributed by atoms with Crippen molar-refractivity contribution < 1.29 is 24.2 Å². The molecular weight excluding hydrogens is 310 g/mol. The van der Waals surface area contributed by atoms with Crippen LogP contribution >= 0.6 is 0 Å². The van der Waals surface area contributed by atoms with Gasteiger partial charge >= 0.3 is 5.97 Å². The highest BCUT2D eigenvalue weighted by molar-refractivity contribution is 5.98. The molecule has 2 aromatic carbocycles. The van der Waals surface area contributed by atoms with Gasteiger partial charge in [0.1, 0.15) is 24.1 Å². The van der Waals surface area contributed by atoms with Crippen molar-refractivity contribution in [3.05, 3.63) is 59.7 Å². The number of amides is 1. The molecule has 0 heterocycles. The summed E-state index contributed by atoms with van der Waals surface area (Å²) in [6.07, 6.45) is -0.352. The Morgan fingerprint density at radius 1 is 1.08 bits per heavy atom. The summed E-state index contributed by atoms with van der Waals surface area (Å²) in [5, 5.41) is 11.0.